The molecule has 0 unspecified atom stereocenters. The van der Waals surface area contributed by atoms with E-state index in [1.807, 2.05) is 43.3 Å². The molecule has 0 bridgehead atoms. The molecule has 2 aromatic rings. The maximum absolute atomic E-state index is 12.9. The highest BCUT2D eigenvalue weighted by atomic mass is 16.6. The first-order chi connectivity index (χ1) is 13.8. The Hall–Kier alpha value is -3.94. The Kier molecular flexibility index (Phi) is 5.45. The van der Waals surface area contributed by atoms with E-state index < -0.39 is 16.7 Å². The van der Waals surface area contributed by atoms with Crippen LogP contribution in [0.3, 0.4) is 0 Å². The van der Waals surface area contributed by atoms with E-state index in [1.54, 1.807) is 0 Å². The molecule has 8 heteroatoms. The summed E-state index contributed by atoms with van der Waals surface area (Å²) >= 11 is 0. The summed E-state index contributed by atoms with van der Waals surface area (Å²) in [6.07, 6.45) is 1.47. The molecule has 0 saturated carbocycles. The molecule has 0 fully saturated rings. The van der Waals surface area contributed by atoms with Crippen molar-refractivity contribution in [3.05, 3.63) is 82.6 Å². The van der Waals surface area contributed by atoms with Gasteiger partial charge in [0, 0.05) is 44.1 Å². The number of carbonyl (C=O) groups is 2. The number of non-ortho nitro benzene ring substituents is 1. The largest absolute Gasteiger partial charge is 0.378 e. The van der Waals surface area contributed by atoms with Crippen molar-refractivity contribution < 1.29 is 14.5 Å². The predicted molar refractivity (Wildman–Crippen MR) is 111 cm³/mol. The van der Waals surface area contributed by atoms with E-state index >= 15 is 0 Å². The number of hydrogen-bond acceptors (Lipinski definition) is 6. The molecule has 0 saturated heterocycles. The van der Waals surface area contributed by atoms with Crippen LogP contribution >= 0.6 is 0 Å². The van der Waals surface area contributed by atoms with Crippen LogP contribution in [0.25, 0.3) is 5.57 Å². The Balaban J connectivity index is 2.03. The Morgan fingerprint density at radius 2 is 1.69 bits per heavy atom. The van der Waals surface area contributed by atoms with Gasteiger partial charge in [-0.1, -0.05) is 6.08 Å². The summed E-state index contributed by atoms with van der Waals surface area (Å²) in [6.45, 7) is 3.66. The van der Waals surface area contributed by atoms with Crippen LogP contribution in [0.5, 0.6) is 0 Å². The molecule has 1 aliphatic rings. The minimum atomic E-state index is -0.519. The summed E-state index contributed by atoms with van der Waals surface area (Å²) < 4.78 is 0. The molecule has 8 nitrogen and oxygen atoms in total. The Morgan fingerprint density at radius 3 is 2.21 bits per heavy atom. The zero-order valence-corrected chi connectivity index (χ0v) is 16.1. The van der Waals surface area contributed by atoms with Crippen molar-refractivity contribution in [2.45, 2.75) is 0 Å². The molecule has 2 amide bonds. The zero-order chi connectivity index (χ0) is 21.1. The Morgan fingerprint density at radius 1 is 1.07 bits per heavy atom. The number of anilines is 2. The van der Waals surface area contributed by atoms with Crippen molar-refractivity contribution in [3.63, 3.8) is 0 Å². The highest BCUT2D eigenvalue weighted by Crippen LogP contribution is 2.31. The van der Waals surface area contributed by atoms with Gasteiger partial charge in [-0.2, -0.15) is 0 Å². The Bertz CT molecular complexity index is 1010. The molecule has 1 N–H and O–H groups in total. The molecule has 1 aliphatic heterocycles. The van der Waals surface area contributed by atoms with Crippen LogP contribution in [0.2, 0.25) is 0 Å². The fourth-order valence-corrected chi connectivity index (χ4v) is 2.99. The maximum atomic E-state index is 12.9. The first kappa shape index (κ1) is 19.8. The topological polar surface area (TPSA) is 95.8 Å². The van der Waals surface area contributed by atoms with Crippen LogP contribution in [0.4, 0.5) is 17.1 Å². The van der Waals surface area contributed by atoms with Crippen LogP contribution in [-0.2, 0) is 9.59 Å². The van der Waals surface area contributed by atoms with Crippen molar-refractivity contribution in [1.82, 2.24) is 4.90 Å². The Labute approximate surface area is 167 Å². The fraction of sp³-hybridized carbons (Fsp3) is 0.143. The smallest absolute Gasteiger partial charge is 0.278 e. The second kappa shape index (κ2) is 7.97. The van der Waals surface area contributed by atoms with Gasteiger partial charge in [0.05, 0.1) is 10.5 Å². The fourth-order valence-electron chi connectivity index (χ4n) is 2.99. The lowest BCUT2D eigenvalue weighted by molar-refractivity contribution is -0.384. The molecule has 29 heavy (non-hydrogen) atoms. The molecule has 0 atom stereocenters. The van der Waals surface area contributed by atoms with Gasteiger partial charge in [0.25, 0.3) is 17.5 Å². The van der Waals surface area contributed by atoms with E-state index in [2.05, 4.69) is 11.9 Å². The van der Waals surface area contributed by atoms with Crippen LogP contribution in [-0.4, -0.2) is 42.3 Å². The van der Waals surface area contributed by atoms with Crippen molar-refractivity contribution in [1.29, 1.82) is 0 Å². The number of nitro groups is 1. The standard InChI is InChI=1S/C21H20N4O4/c1-4-13-24-20(26)18(14-5-9-17(10-6-14)25(28)29)19(21(24)27)22-15-7-11-16(12-8-15)23(2)3/h4-12,22H,1,13H2,2-3H3. The summed E-state index contributed by atoms with van der Waals surface area (Å²) in [7, 11) is 3.84. The lowest BCUT2D eigenvalue weighted by atomic mass is 10.0. The van der Waals surface area contributed by atoms with Gasteiger partial charge in [0.1, 0.15) is 5.70 Å². The van der Waals surface area contributed by atoms with Gasteiger partial charge in [-0.15, -0.1) is 6.58 Å². The quantitative estimate of drug-likeness (QED) is 0.337. The molecule has 1 heterocycles. The van der Waals surface area contributed by atoms with Gasteiger partial charge in [0.2, 0.25) is 0 Å². The first-order valence-electron chi connectivity index (χ1n) is 8.84. The van der Waals surface area contributed by atoms with E-state index in [0.29, 0.717) is 11.3 Å². The van der Waals surface area contributed by atoms with Crippen molar-refractivity contribution in [2.75, 3.05) is 30.9 Å². The van der Waals surface area contributed by atoms with Crippen molar-refractivity contribution in [2.24, 2.45) is 0 Å². The number of carbonyl (C=O) groups excluding carboxylic acids is 2. The molecule has 0 aliphatic carbocycles. The van der Waals surface area contributed by atoms with Crippen LogP contribution in [0, 0.1) is 10.1 Å². The monoisotopic (exact) mass is 392 g/mol. The average Bonchev–Trinajstić information content (AvgIpc) is 2.93. The highest BCUT2D eigenvalue weighted by Gasteiger charge is 2.38. The zero-order valence-electron chi connectivity index (χ0n) is 16.1. The minimum Gasteiger partial charge on any atom is -0.378 e. The normalized spacial score (nSPS) is 13.7. The van der Waals surface area contributed by atoms with Gasteiger partial charge in [-0.05, 0) is 42.0 Å². The van der Waals surface area contributed by atoms with E-state index in [0.717, 1.165) is 10.6 Å². The number of benzene rings is 2. The van der Waals surface area contributed by atoms with Gasteiger partial charge >= 0.3 is 0 Å². The number of imide groups is 1. The number of nitrogens with zero attached hydrogens (tertiary/aromatic N) is 3. The first-order valence-corrected chi connectivity index (χ1v) is 8.84. The van der Waals surface area contributed by atoms with Crippen LogP contribution in [0.15, 0.2) is 66.9 Å². The molecule has 0 spiro atoms. The average molecular weight is 392 g/mol. The maximum Gasteiger partial charge on any atom is 0.278 e. The van der Waals surface area contributed by atoms with Crippen LogP contribution < -0.4 is 10.2 Å². The molecule has 3 rings (SSSR count). The third-order valence-electron chi connectivity index (χ3n) is 4.50. The second-order valence-corrected chi connectivity index (χ2v) is 6.63. The van der Waals surface area contributed by atoms with Gasteiger partial charge < -0.3 is 10.2 Å². The number of amides is 2. The van der Waals surface area contributed by atoms with Crippen LogP contribution in [0.1, 0.15) is 5.56 Å². The highest BCUT2D eigenvalue weighted by molar-refractivity contribution is 6.36. The summed E-state index contributed by atoms with van der Waals surface area (Å²) in [5, 5.41) is 13.9. The van der Waals surface area contributed by atoms with Gasteiger partial charge in [0.15, 0.2) is 0 Å². The van der Waals surface area contributed by atoms with E-state index in [9.17, 15) is 19.7 Å². The van der Waals surface area contributed by atoms with Gasteiger partial charge in [-0.3, -0.25) is 24.6 Å². The molecule has 148 valence electrons. The lowest BCUT2D eigenvalue weighted by Crippen LogP contribution is -2.32. The summed E-state index contributed by atoms with van der Waals surface area (Å²) in [6, 6.07) is 12.9. The molecule has 0 radical (unpaired) electrons. The second-order valence-electron chi connectivity index (χ2n) is 6.63. The SMILES string of the molecule is C=CCN1C(=O)C(Nc2ccc(N(C)C)cc2)=C(c2ccc([N+](=O)[O-])cc2)C1=O. The van der Waals surface area contributed by atoms with E-state index in [1.165, 1.54) is 30.3 Å². The number of hydrogen-bond donors (Lipinski definition) is 1. The summed E-state index contributed by atoms with van der Waals surface area (Å²) in [5.74, 6) is -0.948. The van der Waals surface area contributed by atoms with Crippen molar-refractivity contribution in [3.8, 4) is 0 Å². The third kappa shape index (κ3) is 3.86. The number of nitro benzene ring substituents is 1. The molecular weight excluding hydrogens is 372 g/mol. The number of rotatable bonds is 7. The minimum absolute atomic E-state index is 0.0683. The molecule has 0 aromatic heterocycles. The summed E-state index contributed by atoms with van der Waals surface area (Å²) in [4.78, 5) is 39.2. The summed E-state index contributed by atoms with van der Waals surface area (Å²) in [5.41, 5.74) is 2.26. The molecule has 2 aromatic carbocycles. The van der Waals surface area contributed by atoms with E-state index in [4.69, 9.17) is 0 Å². The number of nitrogens with one attached hydrogen (secondary N) is 1. The lowest BCUT2D eigenvalue weighted by Gasteiger charge is -2.14. The van der Waals surface area contributed by atoms with Crippen molar-refractivity contribution >= 4 is 34.4 Å². The van der Waals surface area contributed by atoms with E-state index in [-0.39, 0.29) is 23.5 Å². The predicted octanol–water partition coefficient (Wildman–Crippen LogP) is 3.04. The third-order valence-corrected chi connectivity index (χ3v) is 4.50. The van der Waals surface area contributed by atoms with Gasteiger partial charge in [-0.25, -0.2) is 0 Å². The molecular formula is C21H20N4O4.